The first-order valence-corrected chi connectivity index (χ1v) is 8.63. The molecule has 0 radical (unpaired) electrons. The normalized spacial score (nSPS) is 15.0. The van der Waals surface area contributed by atoms with Crippen molar-refractivity contribution in [2.75, 3.05) is 26.7 Å². The number of nitrogens with one attached hydrogen (secondary N) is 2. The van der Waals surface area contributed by atoms with Crippen LogP contribution in [0.15, 0.2) is 35.3 Å². The van der Waals surface area contributed by atoms with Crippen molar-refractivity contribution in [3.05, 3.63) is 35.9 Å². The van der Waals surface area contributed by atoms with Crippen molar-refractivity contribution in [3.8, 4) is 0 Å². The van der Waals surface area contributed by atoms with Crippen molar-refractivity contribution < 1.29 is 9.84 Å². The molecule has 0 saturated carbocycles. The van der Waals surface area contributed by atoms with E-state index in [1.807, 2.05) is 37.3 Å². The lowest BCUT2D eigenvalue weighted by molar-refractivity contribution is 0.0205. The zero-order valence-corrected chi connectivity index (χ0v) is 15.7. The number of aliphatic hydroxyl groups is 1. The maximum atomic E-state index is 10.2. The molecular formula is C19H33N3O2. The molecule has 24 heavy (non-hydrogen) atoms. The van der Waals surface area contributed by atoms with Crippen LogP contribution in [0.3, 0.4) is 0 Å². The van der Waals surface area contributed by atoms with E-state index in [1.54, 1.807) is 7.11 Å². The van der Waals surface area contributed by atoms with Crippen LogP contribution in [0.1, 0.15) is 33.3 Å². The van der Waals surface area contributed by atoms with Gasteiger partial charge in [0.1, 0.15) is 0 Å². The summed E-state index contributed by atoms with van der Waals surface area (Å²) in [6, 6.07) is 9.97. The average molecular weight is 335 g/mol. The fourth-order valence-corrected chi connectivity index (χ4v) is 2.42. The van der Waals surface area contributed by atoms with Gasteiger partial charge < -0.3 is 20.5 Å². The van der Waals surface area contributed by atoms with Gasteiger partial charge in [0.25, 0.3) is 0 Å². The van der Waals surface area contributed by atoms with E-state index >= 15 is 0 Å². The summed E-state index contributed by atoms with van der Waals surface area (Å²) in [5.74, 6) is 0.705. The molecule has 0 aliphatic rings. The van der Waals surface area contributed by atoms with Crippen molar-refractivity contribution >= 4 is 5.96 Å². The maximum absolute atomic E-state index is 10.2. The zero-order valence-electron chi connectivity index (χ0n) is 15.7. The largest absolute Gasteiger partial charge is 0.391 e. The first-order valence-electron chi connectivity index (χ1n) is 8.63. The molecule has 136 valence electrons. The summed E-state index contributed by atoms with van der Waals surface area (Å²) in [5, 5.41) is 16.7. The monoisotopic (exact) mass is 335 g/mol. The molecule has 3 N–H and O–H groups in total. The van der Waals surface area contributed by atoms with Gasteiger partial charge in [0, 0.05) is 26.6 Å². The van der Waals surface area contributed by atoms with Crippen molar-refractivity contribution in [3.63, 3.8) is 0 Å². The van der Waals surface area contributed by atoms with Gasteiger partial charge in [-0.1, -0.05) is 51.1 Å². The summed E-state index contributed by atoms with van der Waals surface area (Å²) in [6.07, 6.45) is 0.186. The second kappa shape index (κ2) is 10.3. The van der Waals surface area contributed by atoms with Gasteiger partial charge in [-0.2, -0.15) is 0 Å². The summed E-state index contributed by atoms with van der Waals surface area (Å²) in [6.45, 7) is 10.3. The Morgan fingerprint density at radius 1 is 1.21 bits per heavy atom. The average Bonchev–Trinajstić information content (AvgIpc) is 2.52. The maximum Gasteiger partial charge on any atom is 0.191 e. The van der Waals surface area contributed by atoms with E-state index in [2.05, 4.69) is 36.4 Å². The number of hydrogen-bond acceptors (Lipinski definition) is 3. The molecule has 0 aromatic heterocycles. The highest BCUT2D eigenvalue weighted by atomic mass is 16.5. The minimum absolute atomic E-state index is 0.0475. The van der Waals surface area contributed by atoms with Gasteiger partial charge in [0.2, 0.25) is 0 Å². The minimum atomic E-state index is -0.497. The Bertz CT molecular complexity index is 483. The summed E-state index contributed by atoms with van der Waals surface area (Å²) < 4.78 is 5.55. The Kier molecular flexibility index (Phi) is 8.79. The van der Waals surface area contributed by atoms with Crippen molar-refractivity contribution in [2.45, 2.75) is 46.3 Å². The highest BCUT2D eigenvalue weighted by molar-refractivity contribution is 5.79. The highest BCUT2D eigenvalue weighted by Crippen LogP contribution is 2.20. The lowest BCUT2D eigenvalue weighted by atomic mass is 9.89. The van der Waals surface area contributed by atoms with Gasteiger partial charge in [0.15, 0.2) is 5.96 Å². The standard InChI is InChI=1S/C19H33N3O2/c1-6-20-18(22-14-17(24-5)19(2,3)4)21-13-16(23)12-15-10-8-7-9-11-15/h7-11,16-17,23H,6,12-14H2,1-5H3,(H2,20,21,22). The summed E-state index contributed by atoms with van der Waals surface area (Å²) in [7, 11) is 1.73. The zero-order chi connectivity index (χ0) is 18.0. The fraction of sp³-hybridized carbons (Fsp3) is 0.632. The molecule has 1 rings (SSSR count). The molecule has 0 heterocycles. The molecule has 5 nitrogen and oxygen atoms in total. The van der Waals surface area contributed by atoms with Gasteiger partial charge >= 0.3 is 0 Å². The number of rotatable bonds is 8. The van der Waals surface area contributed by atoms with Crippen LogP contribution in [0.4, 0.5) is 0 Å². The van der Waals surface area contributed by atoms with E-state index in [-0.39, 0.29) is 11.5 Å². The van der Waals surface area contributed by atoms with Gasteiger partial charge in [-0.25, -0.2) is 0 Å². The molecule has 1 aromatic rings. The molecule has 1 aromatic carbocycles. The summed E-state index contributed by atoms with van der Waals surface area (Å²) in [4.78, 5) is 4.49. The Morgan fingerprint density at radius 2 is 1.88 bits per heavy atom. The van der Waals surface area contributed by atoms with Gasteiger partial charge in [-0.05, 0) is 17.9 Å². The number of ether oxygens (including phenoxy) is 1. The minimum Gasteiger partial charge on any atom is -0.391 e. The number of guanidine groups is 1. The van der Waals surface area contributed by atoms with Crippen molar-refractivity contribution in [1.29, 1.82) is 0 Å². The summed E-state index contributed by atoms with van der Waals surface area (Å²) in [5.41, 5.74) is 1.16. The quantitative estimate of drug-likeness (QED) is 0.503. The molecule has 0 saturated heterocycles. The van der Waals surface area contributed by atoms with Gasteiger partial charge in [-0.3, -0.25) is 4.99 Å². The summed E-state index contributed by atoms with van der Waals surface area (Å²) >= 11 is 0. The number of nitrogens with zero attached hydrogens (tertiary/aromatic N) is 1. The molecule has 2 atom stereocenters. The Hall–Kier alpha value is -1.59. The molecule has 0 spiro atoms. The third-order valence-electron chi connectivity index (χ3n) is 3.82. The van der Waals surface area contributed by atoms with Gasteiger partial charge in [0.05, 0.1) is 18.8 Å². The SMILES string of the molecule is CCNC(=NCC(O)Cc1ccccc1)NCC(OC)C(C)(C)C. The third-order valence-corrected chi connectivity index (χ3v) is 3.82. The van der Waals surface area contributed by atoms with E-state index in [0.717, 1.165) is 12.1 Å². The van der Waals surface area contributed by atoms with Crippen molar-refractivity contribution in [2.24, 2.45) is 10.4 Å². The molecule has 5 heteroatoms. The first-order chi connectivity index (χ1) is 11.4. The van der Waals surface area contributed by atoms with Crippen LogP contribution >= 0.6 is 0 Å². The van der Waals surface area contributed by atoms with Crippen molar-refractivity contribution in [1.82, 2.24) is 10.6 Å². The molecule has 0 aliphatic carbocycles. The van der Waals surface area contributed by atoms with E-state index in [4.69, 9.17) is 4.74 Å². The first kappa shape index (κ1) is 20.5. The smallest absolute Gasteiger partial charge is 0.191 e. The van der Waals surface area contributed by atoms with Crippen LogP contribution < -0.4 is 10.6 Å². The third kappa shape index (κ3) is 7.79. The number of aliphatic imine (C=N–C) groups is 1. The second-order valence-electron chi connectivity index (χ2n) is 7.03. The van der Waals surface area contributed by atoms with Crippen LogP contribution in [-0.4, -0.2) is 50.0 Å². The molecule has 0 amide bonds. The van der Waals surface area contributed by atoms with Crippen LogP contribution in [0.2, 0.25) is 0 Å². The molecular weight excluding hydrogens is 302 g/mol. The number of methoxy groups -OCH3 is 1. The topological polar surface area (TPSA) is 65.9 Å². The number of aliphatic hydroxyl groups excluding tert-OH is 1. The van der Waals surface area contributed by atoms with Crippen LogP contribution in [-0.2, 0) is 11.2 Å². The molecule has 0 bridgehead atoms. The molecule has 0 fully saturated rings. The van der Waals surface area contributed by atoms with Crippen LogP contribution in [0.25, 0.3) is 0 Å². The van der Waals surface area contributed by atoms with Crippen LogP contribution in [0, 0.1) is 5.41 Å². The fourth-order valence-electron chi connectivity index (χ4n) is 2.42. The van der Waals surface area contributed by atoms with E-state index in [9.17, 15) is 5.11 Å². The predicted molar refractivity (Wildman–Crippen MR) is 100 cm³/mol. The Morgan fingerprint density at radius 3 is 2.42 bits per heavy atom. The number of hydrogen-bond donors (Lipinski definition) is 3. The second-order valence-corrected chi connectivity index (χ2v) is 7.03. The lowest BCUT2D eigenvalue weighted by Gasteiger charge is -2.30. The van der Waals surface area contributed by atoms with Gasteiger partial charge in [-0.15, -0.1) is 0 Å². The van der Waals surface area contributed by atoms with E-state index in [1.165, 1.54) is 0 Å². The number of benzene rings is 1. The predicted octanol–water partition coefficient (Wildman–Crippen LogP) is 2.21. The van der Waals surface area contributed by atoms with E-state index in [0.29, 0.717) is 25.5 Å². The molecule has 2 unspecified atom stereocenters. The Labute approximate surface area is 146 Å². The van der Waals surface area contributed by atoms with Crippen LogP contribution in [0.5, 0.6) is 0 Å². The lowest BCUT2D eigenvalue weighted by Crippen LogP contribution is -2.45. The molecule has 0 aliphatic heterocycles. The highest BCUT2D eigenvalue weighted by Gasteiger charge is 2.24. The Balaban J connectivity index is 2.55. The van der Waals surface area contributed by atoms with E-state index < -0.39 is 6.10 Å².